The fourth-order valence-electron chi connectivity index (χ4n) is 4.34. The summed E-state index contributed by atoms with van der Waals surface area (Å²) in [6, 6.07) is 12.2. The molecule has 4 heterocycles. The third-order valence-corrected chi connectivity index (χ3v) is 8.03. The monoisotopic (exact) mass is 448 g/mol. The van der Waals surface area contributed by atoms with E-state index in [4.69, 9.17) is 4.42 Å². The Balaban J connectivity index is 1.32. The van der Waals surface area contributed by atoms with Gasteiger partial charge in [0.05, 0.1) is 23.1 Å². The predicted octanol–water partition coefficient (Wildman–Crippen LogP) is 2.37. The molecular weight excluding hydrogens is 428 g/mol. The smallest absolute Gasteiger partial charge is 0.224 e. The van der Waals surface area contributed by atoms with Gasteiger partial charge in [0.25, 0.3) is 0 Å². The van der Waals surface area contributed by atoms with Crippen LogP contribution in [0.5, 0.6) is 0 Å². The van der Waals surface area contributed by atoms with E-state index < -0.39 is 21.1 Å². The molecule has 3 aromatic rings. The molecule has 0 fully saturated rings. The number of amides is 1. The van der Waals surface area contributed by atoms with Crippen LogP contribution < -0.4 is 5.32 Å². The fourth-order valence-corrected chi connectivity index (χ4v) is 6.08. The molecule has 9 heteroatoms. The molecule has 0 radical (unpaired) electrons. The molecule has 1 N–H and O–H groups in total. The Hall–Kier alpha value is -3.48. The lowest BCUT2D eigenvalue weighted by Crippen LogP contribution is -2.40. The van der Waals surface area contributed by atoms with Crippen LogP contribution >= 0.6 is 0 Å². The van der Waals surface area contributed by atoms with E-state index in [2.05, 4.69) is 16.4 Å². The quantitative estimate of drug-likeness (QED) is 0.596. The number of hydrogen-bond acceptors (Lipinski definition) is 7. The molecule has 0 spiro atoms. The Labute approximate surface area is 185 Å². The summed E-state index contributed by atoms with van der Waals surface area (Å²) in [7, 11) is -3.69. The van der Waals surface area contributed by atoms with Crippen LogP contribution in [-0.2, 0) is 14.6 Å². The molecule has 2 atom stereocenters. The molecule has 1 amide bonds. The first kappa shape index (κ1) is 20.4. The van der Waals surface area contributed by atoms with Gasteiger partial charge in [0.15, 0.2) is 9.84 Å². The number of benzene rings is 1. The average Bonchev–Trinajstić information content (AvgIpc) is 3.52. The van der Waals surface area contributed by atoms with Crippen molar-refractivity contribution in [2.45, 2.75) is 22.6 Å². The molecule has 2 aliphatic rings. The maximum atomic E-state index is 13.3. The van der Waals surface area contributed by atoms with Crippen LogP contribution in [0.3, 0.4) is 0 Å². The largest absolute Gasteiger partial charge is 0.464 e. The minimum Gasteiger partial charge on any atom is -0.464 e. The number of nitriles is 1. The van der Waals surface area contributed by atoms with Crippen molar-refractivity contribution in [2.75, 3.05) is 19.6 Å². The first-order chi connectivity index (χ1) is 15.5. The number of rotatable bonds is 5. The number of furan rings is 1. The number of carbonyl (C=O) groups excluding carboxylic acids is 1. The standard InChI is InChI=1S/C23H20N4O4S/c24-10-17(16-2-1-6-25-11-16)9-22(28)27-13-18-12-26-23(20(18)14-27)32(29,30)19-3-4-21-15(8-19)5-7-31-21/h1-8,11,17,23,26H,9,12-14H2. The summed E-state index contributed by atoms with van der Waals surface area (Å²) in [5.41, 5.74) is 2.97. The number of nitrogens with one attached hydrogen (secondary N) is 1. The van der Waals surface area contributed by atoms with Gasteiger partial charge in [-0.1, -0.05) is 6.07 Å². The van der Waals surface area contributed by atoms with Gasteiger partial charge in [0, 0.05) is 43.8 Å². The summed E-state index contributed by atoms with van der Waals surface area (Å²) in [6.45, 7) is 1.03. The highest BCUT2D eigenvalue weighted by Crippen LogP contribution is 2.33. The van der Waals surface area contributed by atoms with Gasteiger partial charge in [0.1, 0.15) is 11.0 Å². The molecular formula is C23H20N4O4S. The Kier molecular flexibility index (Phi) is 5.04. The van der Waals surface area contributed by atoms with E-state index in [0.29, 0.717) is 24.2 Å². The summed E-state index contributed by atoms with van der Waals surface area (Å²) >= 11 is 0. The molecule has 2 aliphatic heterocycles. The van der Waals surface area contributed by atoms with E-state index >= 15 is 0 Å². The van der Waals surface area contributed by atoms with Gasteiger partial charge in [-0.05, 0) is 47.0 Å². The highest BCUT2D eigenvalue weighted by molar-refractivity contribution is 7.92. The van der Waals surface area contributed by atoms with Crippen molar-refractivity contribution in [3.8, 4) is 6.07 Å². The molecule has 8 nitrogen and oxygen atoms in total. The third kappa shape index (κ3) is 3.47. The number of sulfone groups is 1. The van der Waals surface area contributed by atoms with Crippen LogP contribution in [0.4, 0.5) is 0 Å². The van der Waals surface area contributed by atoms with Gasteiger partial charge < -0.3 is 9.32 Å². The third-order valence-electron chi connectivity index (χ3n) is 6.05. The lowest BCUT2D eigenvalue weighted by Gasteiger charge is -2.22. The van der Waals surface area contributed by atoms with E-state index in [9.17, 15) is 18.5 Å². The van der Waals surface area contributed by atoms with Crippen molar-refractivity contribution < 1.29 is 17.6 Å². The number of aromatic nitrogens is 1. The number of carbonyl (C=O) groups is 1. The molecule has 2 aromatic heterocycles. The van der Waals surface area contributed by atoms with Gasteiger partial charge in [-0.15, -0.1) is 0 Å². The lowest BCUT2D eigenvalue weighted by atomic mass is 9.98. The first-order valence-electron chi connectivity index (χ1n) is 10.2. The maximum Gasteiger partial charge on any atom is 0.224 e. The summed E-state index contributed by atoms with van der Waals surface area (Å²) < 4.78 is 32.0. The average molecular weight is 449 g/mol. The number of pyridine rings is 1. The van der Waals surface area contributed by atoms with Crippen molar-refractivity contribution in [3.63, 3.8) is 0 Å². The van der Waals surface area contributed by atoms with Crippen LogP contribution in [0.2, 0.25) is 0 Å². The van der Waals surface area contributed by atoms with Crippen LogP contribution in [0, 0.1) is 11.3 Å². The van der Waals surface area contributed by atoms with E-state index in [0.717, 1.165) is 16.5 Å². The highest BCUT2D eigenvalue weighted by atomic mass is 32.2. The fraction of sp³-hybridized carbons (Fsp3) is 0.261. The van der Waals surface area contributed by atoms with Gasteiger partial charge in [-0.3, -0.25) is 15.1 Å². The van der Waals surface area contributed by atoms with Gasteiger partial charge in [-0.25, -0.2) is 8.42 Å². The Morgan fingerprint density at radius 2 is 2.19 bits per heavy atom. The second-order valence-corrected chi connectivity index (χ2v) is 10.0. The summed E-state index contributed by atoms with van der Waals surface area (Å²) in [5, 5.41) is 12.5. The van der Waals surface area contributed by atoms with Crippen LogP contribution in [0.15, 0.2) is 75.5 Å². The van der Waals surface area contributed by atoms with Crippen LogP contribution in [0.1, 0.15) is 17.9 Å². The second kappa shape index (κ2) is 7.89. The second-order valence-electron chi connectivity index (χ2n) is 7.98. The van der Waals surface area contributed by atoms with E-state index in [1.165, 1.54) is 6.26 Å². The maximum absolute atomic E-state index is 13.3. The number of fused-ring (bicyclic) bond motifs is 1. The molecule has 162 valence electrons. The zero-order valence-electron chi connectivity index (χ0n) is 17.1. The van der Waals surface area contributed by atoms with Crippen LogP contribution in [0.25, 0.3) is 11.0 Å². The molecule has 0 saturated carbocycles. The number of hydrogen-bond donors (Lipinski definition) is 1. The van der Waals surface area contributed by atoms with Crippen molar-refractivity contribution in [2.24, 2.45) is 0 Å². The van der Waals surface area contributed by atoms with Crippen molar-refractivity contribution in [1.29, 1.82) is 5.26 Å². The van der Waals surface area contributed by atoms with Crippen LogP contribution in [-0.4, -0.2) is 49.2 Å². The van der Waals surface area contributed by atoms with Gasteiger partial charge in [-0.2, -0.15) is 5.26 Å². The predicted molar refractivity (Wildman–Crippen MR) is 116 cm³/mol. The SMILES string of the molecule is N#CC(CC(=O)N1CC2=C(C1)C(S(=O)(=O)c1ccc3occc3c1)NC2)c1cccnc1. The van der Waals surface area contributed by atoms with E-state index in [-0.39, 0.29) is 23.8 Å². The first-order valence-corrected chi connectivity index (χ1v) is 11.7. The molecule has 2 unspecified atom stereocenters. The molecule has 0 bridgehead atoms. The molecule has 1 aromatic carbocycles. The zero-order chi connectivity index (χ0) is 22.3. The Morgan fingerprint density at radius 1 is 1.31 bits per heavy atom. The van der Waals surface area contributed by atoms with Crippen molar-refractivity contribution in [1.82, 2.24) is 15.2 Å². The minimum absolute atomic E-state index is 0.0325. The lowest BCUT2D eigenvalue weighted by molar-refractivity contribution is -0.130. The normalized spacial score (nSPS) is 19.2. The Morgan fingerprint density at radius 3 is 2.97 bits per heavy atom. The zero-order valence-corrected chi connectivity index (χ0v) is 17.9. The molecule has 5 rings (SSSR count). The molecule has 0 saturated heterocycles. The number of nitrogens with zero attached hydrogens (tertiary/aromatic N) is 3. The topological polar surface area (TPSA) is 116 Å². The van der Waals surface area contributed by atoms with Gasteiger partial charge in [0.2, 0.25) is 5.91 Å². The summed E-state index contributed by atoms with van der Waals surface area (Å²) in [6.07, 6.45) is 4.76. The molecule has 32 heavy (non-hydrogen) atoms. The van der Waals surface area contributed by atoms with Crippen molar-refractivity contribution >= 4 is 26.7 Å². The summed E-state index contributed by atoms with van der Waals surface area (Å²) in [4.78, 5) is 18.8. The van der Waals surface area contributed by atoms with Crippen molar-refractivity contribution in [3.05, 3.63) is 71.8 Å². The van der Waals surface area contributed by atoms with E-state index in [1.54, 1.807) is 53.7 Å². The van der Waals surface area contributed by atoms with E-state index in [1.807, 2.05) is 0 Å². The van der Waals surface area contributed by atoms with Gasteiger partial charge >= 0.3 is 0 Å². The molecule has 0 aliphatic carbocycles. The minimum atomic E-state index is -3.69. The summed E-state index contributed by atoms with van der Waals surface area (Å²) in [5.74, 6) is -0.767. The Bertz CT molecular complexity index is 1370. The highest BCUT2D eigenvalue weighted by Gasteiger charge is 2.41.